The highest BCUT2D eigenvalue weighted by Crippen LogP contribution is 2.19. The average molecular weight is 337 g/mol. The van der Waals surface area contributed by atoms with Crippen LogP contribution < -0.4 is 22.7 Å². The molecule has 10 heteroatoms. The molecule has 0 amide bonds. The smallest absolute Gasteiger partial charge is 0.335 e. The summed E-state index contributed by atoms with van der Waals surface area (Å²) in [6, 6.07) is 6.09. The van der Waals surface area contributed by atoms with Crippen LogP contribution in [0.5, 0.6) is 5.88 Å². The summed E-state index contributed by atoms with van der Waals surface area (Å²) < 4.78 is 0.904. The van der Waals surface area contributed by atoms with Crippen molar-refractivity contribution in [2.75, 3.05) is 0 Å². The predicted molar refractivity (Wildman–Crippen MR) is 87.4 cm³/mol. The largest absolute Gasteiger partial charge is 0.493 e. The molecule has 0 radical (unpaired) electrons. The molecule has 0 saturated heterocycles. The average Bonchev–Trinajstić information content (AvgIpc) is 2.46. The number of hydrogen-bond acceptors (Lipinski definition) is 5. The highest BCUT2D eigenvalue weighted by molar-refractivity contribution is 6.30. The van der Waals surface area contributed by atoms with E-state index in [1.54, 1.807) is 0 Å². The summed E-state index contributed by atoms with van der Waals surface area (Å²) in [5, 5.41) is 17.8. The minimum atomic E-state index is -0.815. The van der Waals surface area contributed by atoms with E-state index < -0.39 is 17.1 Å². The molecule has 0 bridgehead atoms. The van der Waals surface area contributed by atoms with Crippen LogP contribution in [-0.2, 0) is 0 Å². The summed E-state index contributed by atoms with van der Waals surface area (Å²) in [5.41, 5.74) is 8.80. The Balaban J connectivity index is 2.72. The first-order chi connectivity index (χ1) is 10.8. The summed E-state index contributed by atoms with van der Waals surface area (Å²) in [6.45, 7) is 1.41. The maximum Gasteiger partial charge on any atom is 0.335 e. The van der Waals surface area contributed by atoms with Crippen LogP contribution in [0, 0.1) is 0 Å². The van der Waals surface area contributed by atoms with Gasteiger partial charge < -0.3 is 16.6 Å². The molecule has 0 unspecified atom stereocenters. The molecule has 0 aliphatic carbocycles. The van der Waals surface area contributed by atoms with Crippen molar-refractivity contribution in [2.45, 2.75) is 6.92 Å². The van der Waals surface area contributed by atoms with E-state index in [0.717, 1.165) is 4.57 Å². The molecule has 9 nitrogen and oxygen atoms in total. The summed E-state index contributed by atoms with van der Waals surface area (Å²) in [6.07, 6.45) is 0. The van der Waals surface area contributed by atoms with Crippen LogP contribution in [0.15, 0.2) is 44.1 Å². The summed E-state index contributed by atoms with van der Waals surface area (Å²) in [5.74, 6) is -0.903. The number of rotatable bonds is 3. The molecule has 0 saturated carbocycles. The third kappa shape index (κ3) is 3.40. The van der Waals surface area contributed by atoms with Gasteiger partial charge in [0, 0.05) is 5.02 Å². The molecule has 1 aromatic carbocycles. The van der Waals surface area contributed by atoms with E-state index in [1.807, 2.05) is 0 Å². The van der Waals surface area contributed by atoms with Crippen molar-refractivity contribution in [3.63, 3.8) is 0 Å². The molecule has 2 rings (SSSR count). The Morgan fingerprint density at radius 2 is 1.83 bits per heavy atom. The van der Waals surface area contributed by atoms with E-state index >= 15 is 0 Å². The fraction of sp³-hybridized carbons (Fsp3) is 0.0769. The van der Waals surface area contributed by atoms with Crippen LogP contribution >= 0.6 is 11.6 Å². The highest BCUT2D eigenvalue weighted by atomic mass is 35.5. The fourth-order valence-electron chi connectivity index (χ4n) is 1.86. The first kappa shape index (κ1) is 16.3. The monoisotopic (exact) mass is 336 g/mol. The lowest BCUT2D eigenvalue weighted by atomic mass is 10.2. The summed E-state index contributed by atoms with van der Waals surface area (Å²) in [4.78, 5) is 26.0. The Labute approximate surface area is 134 Å². The van der Waals surface area contributed by atoms with Gasteiger partial charge in [-0.2, -0.15) is 5.10 Å². The zero-order chi connectivity index (χ0) is 17.1. The van der Waals surface area contributed by atoms with Gasteiger partial charge in [-0.05, 0) is 31.2 Å². The number of aromatic hydroxyl groups is 1. The molecule has 0 aliphatic heterocycles. The lowest BCUT2D eigenvalue weighted by Crippen LogP contribution is -2.32. The van der Waals surface area contributed by atoms with Crippen molar-refractivity contribution in [1.29, 1.82) is 0 Å². The molecule has 0 fully saturated rings. The van der Waals surface area contributed by atoms with Crippen molar-refractivity contribution in [2.24, 2.45) is 21.7 Å². The molecule has 120 valence electrons. The quantitative estimate of drug-likeness (QED) is 0.350. The van der Waals surface area contributed by atoms with Crippen LogP contribution in [0.1, 0.15) is 12.5 Å². The second-order valence-electron chi connectivity index (χ2n) is 4.48. The van der Waals surface area contributed by atoms with Crippen molar-refractivity contribution in [3.8, 4) is 11.6 Å². The third-order valence-corrected chi connectivity index (χ3v) is 3.10. The number of aromatic amines is 1. The van der Waals surface area contributed by atoms with Gasteiger partial charge >= 0.3 is 5.69 Å². The first-order valence-electron chi connectivity index (χ1n) is 6.29. The number of guanidine groups is 1. The Kier molecular flexibility index (Phi) is 4.51. The maximum absolute atomic E-state index is 12.0. The second kappa shape index (κ2) is 6.36. The van der Waals surface area contributed by atoms with E-state index in [9.17, 15) is 14.7 Å². The van der Waals surface area contributed by atoms with Gasteiger partial charge in [0.2, 0.25) is 11.8 Å². The van der Waals surface area contributed by atoms with Gasteiger partial charge in [-0.3, -0.25) is 9.78 Å². The number of halogens is 1. The van der Waals surface area contributed by atoms with Crippen LogP contribution in [0.3, 0.4) is 0 Å². The van der Waals surface area contributed by atoms with Crippen LogP contribution in [0.25, 0.3) is 5.69 Å². The van der Waals surface area contributed by atoms with Gasteiger partial charge in [-0.25, -0.2) is 9.36 Å². The molecule has 0 spiro atoms. The van der Waals surface area contributed by atoms with Crippen LogP contribution in [0.2, 0.25) is 5.02 Å². The third-order valence-electron chi connectivity index (χ3n) is 2.85. The van der Waals surface area contributed by atoms with Gasteiger partial charge in [0.1, 0.15) is 5.56 Å². The Morgan fingerprint density at radius 3 is 2.39 bits per heavy atom. The normalized spacial score (nSPS) is 11.3. The van der Waals surface area contributed by atoms with Crippen molar-refractivity contribution in [3.05, 3.63) is 55.7 Å². The summed E-state index contributed by atoms with van der Waals surface area (Å²) >= 11 is 5.79. The van der Waals surface area contributed by atoms with Gasteiger partial charge in [-0.1, -0.05) is 11.6 Å². The minimum absolute atomic E-state index is 0.0277. The number of nitrogens with two attached hydrogens (primary N) is 2. The molecule has 23 heavy (non-hydrogen) atoms. The zero-order valence-corrected chi connectivity index (χ0v) is 12.7. The van der Waals surface area contributed by atoms with Crippen molar-refractivity contribution < 1.29 is 5.11 Å². The molecule has 2 aromatic rings. The number of aromatic nitrogens is 2. The first-order valence-corrected chi connectivity index (χ1v) is 6.67. The van der Waals surface area contributed by atoms with Crippen molar-refractivity contribution in [1.82, 2.24) is 9.55 Å². The molecule has 0 atom stereocenters. The summed E-state index contributed by atoms with van der Waals surface area (Å²) in [7, 11) is 0. The SMILES string of the molecule is CC(=NN=C(N)N)c1c(O)n(-c2ccc(Cl)cc2)c(=O)[nH]c1=O. The predicted octanol–water partition coefficient (Wildman–Crippen LogP) is -0.118. The lowest BCUT2D eigenvalue weighted by molar-refractivity contribution is 0.429. The molecule has 6 N–H and O–H groups in total. The number of H-pyrrole nitrogens is 1. The van der Waals surface area contributed by atoms with E-state index in [2.05, 4.69) is 15.2 Å². The van der Waals surface area contributed by atoms with E-state index in [0.29, 0.717) is 10.7 Å². The molecular weight excluding hydrogens is 324 g/mol. The van der Waals surface area contributed by atoms with Gasteiger partial charge in [0.05, 0.1) is 11.4 Å². The molecule has 0 aliphatic rings. The van der Waals surface area contributed by atoms with Gasteiger partial charge in [-0.15, -0.1) is 5.10 Å². The Bertz CT molecular complexity index is 907. The Hall–Kier alpha value is -3.07. The number of nitrogens with zero attached hydrogens (tertiary/aromatic N) is 3. The van der Waals surface area contributed by atoms with E-state index in [4.69, 9.17) is 23.1 Å². The van der Waals surface area contributed by atoms with Crippen molar-refractivity contribution >= 4 is 23.3 Å². The van der Waals surface area contributed by atoms with E-state index in [-0.39, 0.29) is 17.2 Å². The second-order valence-corrected chi connectivity index (χ2v) is 4.92. The number of benzene rings is 1. The molecule has 1 heterocycles. The fourth-order valence-corrected chi connectivity index (χ4v) is 1.99. The lowest BCUT2D eigenvalue weighted by Gasteiger charge is -2.11. The number of hydrogen-bond donors (Lipinski definition) is 4. The topological polar surface area (TPSA) is 152 Å². The number of nitrogens with one attached hydrogen (secondary N) is 1. The van der Waals surface area contributed by atoms with E-state index in [1.165, 1.54) is 31.2 Å². The zero-order valence-electron chi connectivity index (χ0n) is 11.9. The van der Waals surface area contributed by atoms with Gasteiger partial charge in [0.25, 0.3) is 5.56 Å². The molecular formula is C13H13ClN6O3. The highest BCUT2D eigenvalue weighted by Gasteiger charge is 2.18. The molecule has 1 aromatic heterocycles. The van der Waals surface area contributed by atoms with Gasteiger partial charge in [0.15, 0.2) is 0 Å². The minimum Gasteiger partial charge on any atom is -0.493 e. The van der Waals surface area contributed by atoms with Crippen LogP contribution in [0.4, 0.5) is 0 Å². The van der Waals surface area contributed by atoms with Crippen LogP contribution in [-0.4, -0.2) is 26.3 Å². The maximum atomic E-state index is 12.0. The standard InChI is InChI=1S/C13H13ClN6O3/c1-6(18-19-12(15)16)9-10(21)17-13(23)20(11(9)22)8-4-2-7(14)3-5-8/h2-5,22H,1H3,(H4,15,16,19)(H,17,21,23). The Morgan fingerprint density at radius 1 is 1.22 bits per heavy atom.